The van der Waals surface area contributed by atoms with E-state index in [9.17, 15) is 14.7 Å². The summed E-state index contributed by atoms with van der Waals surface area (Å²) in [7, 11) is 0. The van der Waals surface area contributed by atoms with Gasteiger partial charge in [-0.15, -0.1) is 23.5 Å². The topological polar surface area (TPSA) is 83.6 Å². The van der Waals surface area contributed by atoms with Gasteiger partial charge < -0.3 is 10.8 Å². The Morgan fingerprint density at radius 1 is 1.43 bits per heavy atom. The van der Waals surface area contributed by atoms with Crippen molar-refractivity contribution in [1.82, 2.24) is 4.90 Å². The highest BCUT2D eigenvalue weighted by molar-refractivity contribution is 8.01. The maximum Gasteiger partial charge on any atom is 0.352 e. The number of carbonyl (C=O) groups is 2. The number of carboxylic acids is 1. The van der Waals surface area contributed by atoms with Gasteiger partial charge in [0.2, 0.25) is 5.91 Å². The van der Waals surface area contributed by atoms with Crippen LogP contribution in [-0.2, 0) is 9.59 Å². The Kier molecular flexibility index (Phi) is 3.97. The Morgan fingerprint density at radius 2 is 2.14 bits per heavy atom. The number of β-lactam (4-membered cyclic amide) rings is 1. The molecule has 1 aromatic carbocycles. The number of thioether (sulfide) groups is 2. The molecule has 0 aromatic heterocycles. The molecule has 0 bridgehead atoms. The zero-order valence-corrected chi connectivity index (χ0v) is 12.7. The second-order valence-electron chi connectivity index (χ2n) is 4.79. The van der Waals surface area contributed by atoms with E-state index in [4.69, 9.17) is 5.73 Å². The molecule has 1 saturated heterocycles. The number of benzene rings is 1. The van der Waals surface area contributed by atoms with E-state index in [0.29, 0.717) is 11.5 Å². The molecule has 5 nitrogen and oxygen atoms in total. The number of carboxylic acid groups (broad SMARTS) is 1. The number of carbonyl (C=O) groups excluding carboxylic acids is 1. The summed E-state index contributed by atoms with van der Waals surface area (Å²) in [6, 6.07) is 9.21. The number of hydrogen-bond donors (Lipinski definition) is 2. The molecule has 3 rings (SSSR count). The van der Waals surface area contributed by atoms with E-state index in [1.54, 1.807) is 11.8 Å². The molecule has 2 atom stereocenters. The molecule has 0 radical (unpaired) electrons. The highest BCUT2D eigenvalue weighted by atomic mass is 32.2. The van der Waals surface area contributed by atoms with Crippen LogP contribution in [0.4, 0.5) is 0 Å². The quantitative estimate of drug-likeness (QED) is 0.643. The molecule has 1 amide bonds. The minimum Gasteiger partial charge on any atom is -0.477 e. The first-order valence-electron chi connectivity index (χ1n) is 6.43. The number of rotatable bonds is 4. The largest absolute Gasteiger partial charge is 0.477 e. The van der Waals surface area contributed by atoms with Crippen molar-refractivity contribution in [3.63, 3.8) is 0 Å². The number of aliphatic carboxylic acids is 1. The molecule has 7 heteroatoms. The minimum atomic E-state index is -1.05. The fraction of sp³-hybridized carbons (Fsp3) is 0.286. The van der Waals surface area contributed by atoms with Crippen molar-refractivity contribution in [2.75, 3.05) is 11.5 Å². The van der Waals surface area contributed by atoms with E-state index >= 15 is 0 Å². The van der Waals surface area contributed by atoms with E-state index < -0.39 is 12.0 Å². The van der Waals surface area contributed by atoms with Crippen molar-refractivity contribution in [3.8, 4) is 0 Å². The molecule has 0 spiro atoms. The molecule has 2 aliphatic rings. The maximum atomic E-state index is 11.8. The van der Waals surface area contributed by atoms with Crippen molar-refractivity contribution in [2.24, 2.45) is 5.73 Å². The van der Waals surface area contributed by atoms with Crippen LogP contribution in [0.25, 0.3) is 0 Å². The van der Waals surface area contributed by atoms with Crippen LogP contribution < -0.4 is 5.73 Å². The van der Waals surface area contributed by atoms with Gasteiger partial charge in [0.15, 0.2) is 0 Å². The standard InChI is InChI=1S/C14H14N2O3S2/c15-10-12(17)16-11(14(18)19)8(7-21-13(10)16)6-20-9-4-2-1-3-5-9/h1-5,10,13H,6-7,15H2,(H,18,19)/t10-,13?/m1/s1. The molecule has 1 fully saturated rings. The Bertz CT molecular complexity index is 618. The third kappa shape index (κ3) is 2.56. The summed E-state index contributed by atoms with van der Waals surface area (Å²) in [5, 5.41) is 9.19. The van der Waals surface area contributed by atoms with Gasteiger partial charge in [0.05, 0.1) is 0 Å². The van der Waals surface area contributed by atoms with Gasteiger partial charge in [-0.2, -0.15) is 0 Å². The average molecular weight is 322 g/mol. The van der Waals surface area contributed by atoms with E-state index in [-0.39, 0.29) is 17.0 Å². The predicted octanol–water partition coefficient (Wildman–Crippen LogP) is 1.36. The van der Waals surface area contributed by atoms with Gasteiger partial charge in [0.25, 0.3) is 0 Å². The Balaban J connectivity index is 1.81. The lowest BCUT2D eigenvalue weighted by atomic mass is 10.0. The molecule has 2 aliphatic heterocycles. The van der Waals surface area contributed by atoms with Gasteiger partial charge in [-0.1, -0.05) is 18.2 Å². The Hall–Kier alpha value is -1.44. The molecule has 1 aromatic rings. The molecular formula is C14H14N2O3S2. The molecular weight excluding hydrogens is 308 g/mol. The lowest BCUT2D eigenvalue weighted by Gasteiger charge is -2.48. The molecule has 2 heterocycles. The van der Waals surface area contributed by atoms with E-state index in [0.717, 1.165) is 10.5 Å². The first-order chi connectivity index (χ1) is 10.1. The predicted molar refractivity (Wildman–Crippen MR) is 82.9 cm³/mol. The fourth-order valence-corrected chi connectivity index (χ4v) is 4.73. The summed E-state index contributed by atoms with van der Waals surface area (Å²) < 4.78 is 0. The van der Waals surface area contributed by atoms with Crippen LogP contribution in [0.15, 0.2) is 46.5 Å². The van der Waals surface area contributed by atoms with E-state index in [1.807, 2.05) is 30.3 Å². The van der Waals surface area contributed by atoms with Crippen LogP contribution in [0, 0.1) is 0 Å². The summed E-state index contributed by atoms with van der Waals surface area (Å²) in [5.41, 5.74) is 6.61. The minimum absolute atomic E-state index is 0.119. The molecule has 3 N–H and O–H groups in total. The smallest absolute Gasteiger partial charge is 0.352 e. The molecule has 110 valence electrons. The molecule has 0 aliphatic carbocycles. The van der Waals surface area contributed by atoms with Gasteiger partial charge in [0, 0.05) is 16.4 Å². The van der Waals surface area contributed by atoms with Gasteiger partial charge in [-0.05, 0) is 17.7 Å². The highest BCUT2D eigenvalue weighted by Gasteiger charge is 2.51. The number of amides is 1. The first-order valence-corrected chi connectivity index (χ1v) is 8.46. The zero-order chi connectivity index (χ0) is 15.0. The zero-order valence-electron chi connectivity index (χ0n) is 11.1. The van der Waals surface area contributed by atoms with Crippen molar-refractivity contribution in [2.45, 2.75) is 16.3 Å². The summed E-state index contributed by atoms with van der Waals surface area (Å²) in [5.74, 6) is -0.190. The summed E-state index contributed by atoms with van der Waals surface area (Å²) >= 11 is 3.11. The van der Waals surface area contributed by atoms with Crippen molar-refractivity contribution in [3.05, 3.63) is 41.6 Å². The fourth-order valence-electron chi connectivity index (χ4n) is 2.38. The van der Waals surface area contributed by atoms with Crippen LogP contribution in [0.1, 0.15) is 0 Å². The normalized spacial score (nSPS) is 24.6. The monoisotopic (exact) mass is 322 g/mol. The third-order valence-electron chi connectivity index (χ3n) is 3.45. The van der Waals surface area contributed by atoms with Crippen molar-refractivity contribution in [1.29, 1.82) is 0 Å². The second kappa shape index (κ2) is 5.75. The SMILES string of the molecule is N[C@@H]1C(=O)N2C(C(=O)O)=C(CSc3ccccc3)CSC12. The van der Waals surface area contributed by atoms with Gasteiger partial charge >= 0.3 is 5.97 Å². The Morgan fingerprint density at radius 3 is 2.81 bits per heavy atom. The molecule has 21 heavy (non-hydrogen) atoms. The second-order valence-corrected chi connectivity index (χ2v) is 6.95. The third-order valence-corrected chi connectivity index (χ3v) is 5.91. The van der Waals surface area contributed by atoms with E-state index in [2.05, 4.69) is 0 Å². The number of fused-ring (bicyclic) bond motifs is 1. The highest BCUT2D eigenvalue weighted by Crippen LogP contribution is 2.40. The van der Waals surface area contributed by atoms with E-state index in [1.165, 1.54) is 16.7 Å². The van der Waals surface area contributed by atoms with Gasteiger partial charge in [-0.3, -0.25) is 9.69 Å². The van der Waals surface area contributed by atoms with Gasteiger partial charge in [-0.25, -0.2) is 4.79 Å². The van der Waals surface area contributed by atoms with Crippen LogP contribution in [0.3, 0.4) is 0 Å². The number of nitrogens with two attached hydrogens (primary N) is 1. The maximum absolute atomic E-state index is 11.8. The van der Waals surface area contributed by atoms with Crippen LogP contribution in [-0.4, -0.2) is 44.8 Å². The summed E-state index contributed by atoms with van der Waals surface area (Å²) in [6.45, 7) is 0. The number of hydrogen-bond acceptors (Lipinski definition) is 5. The van der Waals surface area contributed by atoms with Crippen LogP contribution in [0.2, 0.25) is 0 Å². The van der Waals surface area contributed by atoms with Crippen LogP contribution >= 0.6 is 23.5 Å². The summed E-state index contributed by atoms with van der Waals surface area (Å²) in [6.07, 6.45) is 0. The Labute approximate surface area is 130 Å². The average Bonchev–Trinajstić information content (AvgIpc) is 2.52. The lowest BCUT2D eigenvalue weighted by Crippen LogP contribution is -2.68. The number of nitrogens with zero attached hydrogens (tertiary/aromatic N) is 1. The van der Waals surface area contributed by atoms with Crippen molar-refractivity contribution >= 4 is 35.4 Å². The van der Waals surface area contributed by atoms with Crippen molar-refractivity contribution < 1.29 is 14.7 Å². The van der Waals surface area contributed by atoms with Crippen LogP contribution in [0.5, 0.6) is 0 Å². The first kappa shape index (κ1) is 14.5. The van der Waals surface area contributed by atoms with Gasteiger partial charge in [0.1, 0.15) is 17.1 Å². The summed E-state index contributed by atoms with van der Waals surface area (Å²) in [4.78, 5) is 25.7. The lowest BCUT2D eigenvalue weighted by molar-refractivity contribution is -0.147. The molecule has 1 unspecified atom stereocenters. The molecule has 0 saturated carbocycles.